The Morgan fingerprint density at radius 2 is 1.90 bits per heavy atom. The Kier molecular flexibility index (Phi) is 6.61. The number of benzene rings is 2. The molecule has 8 nitrogen and oxygen atoms in total. The van der Waals surface area contributed by atoms with Crippen molar-refractivity contribution in [3.63, 3.8) is 0 Å². The van der Waals surface area contributed by atoms with E-state index in [1.54, 1.807) is 37.3 Å². The first-order chi connectivity index (χ1) is 13.9. The first-order valence-corrected chi connectivity index (χ1v) is 9.56. The summed E-state index contributed by atoms with van der Waals surface area (Å²) in [5.74, 6) is 0.807. The number of amides is 2. The van der Waals surface area contributed by atoms with E-state index in [4.69, 9.17) is 9.26 Å². The van der Waals surface area contributed by atoms with E-state index in [9.17, 15) is 9.59 Å². The fourth-order valence-electron chi connectivity index (χ4n) is 2.44. The second kappa shape index (κ2) is 9.33. The Morgan fingerprint density at radius 1 is 1.14 bits per heavy atom. The Morgan fingerprint density at radius 3 is 2.55 bits per heavy atom. The molecule has 0 aliphatic carbocycles. The topological polar surface area (TPSA) is 106 Å². The third kappa shape index (κ3) is 5.89. The molecule has 2 amide bonds. The fraction of sp³-hybridized carbons (Fsp3) is 0.200. The number of nitrogens with one attached hydrogen (secondary N) is 2. The normalized spacial score (nSPS) is 10.4. The van der Waals surface area contributed by atoms with E-state index in [2.05, 4.69) is 36.7 Å². The van der Waals surface area contributed by atoms with Crippen LogP contribution in [0.3, 0.4) is 0 Å². The lowest BCUT2D eigenvalue weighted by Crippen LogP contribution is -2.32. The van der Waals surface area contributed by atoms with Crippen molar-refractivity contribution in [2.24, 2.45) is 0 Å². The third-order valence-electron chi connectivity index (χ3n) is 3.91. The zero-order chi connectivity index (χ0) is 20.8. The number of ether oxygens (including phenoxy) is 1. The van der Waals surface area contributed by atoms with Gasteiger partial charge in [0.25, 0.3) is 5.91 Å². The van der Waals surface area contributed by atoms with Gasteiger partial charge in [0, 0.05) is 22.6 Å². The van der Waals surface area contributed by atoms with Crippen molar-refractivity contribution in [1.29, 1.82) is 0 Å². The van der Waals surface area contributed by atoms with Gasteiger partial charge in [-0.1, -0.05) is 21.1 Å². The molecule has 9 heteroatoms. The predicted octanol–water partition coefficient (Wildman–Crippen LogP) is 3.40. The molecule has 150 valence electrons. The zero-order valence-corrected chi connectivity index (χ0v) is 17.4. The summed E-state index contributed by atoms with van der Waals surface area (Å²) < 4.78 is 11.4. The number of carbonyl (C=O) groups is 2. The highest BCUT2D eigenvalue weighted by molar-refractivity contribution is 9.10. The smallest absolute Gasteiger partial charge is 0.251 e. The second-order valence-electron chi connectivity index (χ2n) is 6.24. The van der Waals surface area contributed by atoms with Crippen LogP contribution in [-0.2, 0) is 11.4 Å². The summed E-state index contributed by atoms with van der Waals surface area (Å²) in [5.41, 5.74) is 2.09. The molecule has 0 fully saturated rings. The van der Waals surface area contributed by atoms with Crippen molar-refractivity contribution in [2.75, 3.05) is 11.9 Å². The Bertz CT molecular complexity index is 1020. The van der Waals surface area contributed by atoms with Crippen molar-refractivity contribution in [1.82, 2.24) is 15.5 Å². The molecule has 3 rings (SSSR count). The molecule has 0 aliphatic heterocycles. The summed E-state index contributed by atoms with van der Waals surface area (Å²) >= 11 is 3.41. The van der Waals surface area contributed by atoms with E-state index in [0.717, 1.165) is 10.0 Å². The van der Waals surface area contributed by atoms with Gasteiger partial charge in [-0.05, 0) is 55.0 Å². The van der Waals surface area contributed by atoms with Gasteiger partial charge in [-0.2, -0.15) is 4.98 Å². The van der Waals surface area contributed by atoms with Crippen LogP contribution in [0.2, 0.25) is 0 Å². The van der Waals surface area contributed by atoms with E-state index in [-0.39, 0.29) is 25.0 Å². The number of anilines is 1. The molecule has 3 aromatic rings. The molecule has 0 bridgehead atoms. The monoisotopic (exact) mass is 458 g/mol. The number of nitrogens with zero attached hydrogens (tertiary/aromatic N) is 2. The first-order valence-electron chi connectivity index (χ1n) is 8.77. The van der Waals surface area contributed by atoms with Gasteiger partial charge in [0.2, 0.25) is 17.6 Å². The summed E-state index contributed by atoms with van der Waals surface area (Å²) in [6.07, 6.45) is 0. The summed E-state index contributed by atoms with van der Waals surface area (Å²) in [6, 6.07) is 12.0. The Labute approximate surface area is 175 Å². The molecule has 2 N–H and O–H groups in total. The van der Waals surface area contributed by atoms with Crippen LogP contribution >= 0.6 is 15.9 Å². The van der Waals surface area contributed by atoms with Gasteiger partial charge < -0.3 is 19.9 Å². The van der Waals surface area contributed by atoms with Crippen LogP contribution in [0.4, 0.5) is 5.69 Å². The second-order valence-corrected chi connectivity index (χ2v) is 7.09. The van der Waals surface area contributed by atoms with Crippen LogP contribution in [0.5, 0.6) is 5.75 Å². The zero-order valence-electron chi connectivity index (χ0n) is 15.9. The van der Waals surface area contributed by atoms with E-state index in [1.807, 2.05) is 19.1 Å². The average Bonchev–Trinajstić information content (AvgIpc) is 3.13. The molecule has 29 heavy (non-hydrogen) atoms. The quantitative estimate of drug-likeness (QED) is 0.561. The molecule has 0 saturated heterocycles. The Hall–Kier alpha value is -3.20. The number of halogens is 1. The SMILES string of the molecule is Cc1nc(COc2ccc(C(=O)NCC(=O)Nc3ccc(Br)c(C)c3)cc2)no1. The molecule has 0 spiro atoms. The molecule has 0 unspecified atom stereocenters. The Balaban J connectivity index is 1.47. The van der Waals surface area contributed by atoms with Crippen LogP contribution in [0, 0.1) is 13.8 Å². The molecular weight excluding hydrogens is 440 g/mol. The van der Waals surface area contributed by atoms with Crippen LogP contribution in [0.1, 0.15) is 27.6 Å². The van der Waals surface area contributed by atoms with Gasteiger partial charge in [0.05, 0.1) is 6.54 Å². The molecule has 0 radical (unpaired) electrons. The molecule has 0 atom stereocenters. The summed E-state index contributed by atoms with van der Waals surface area (Å²) in [6.45, 7) is 3.66. The maximum atomic E-state index is 12.2. The minimum absolute atomic E-state index is 0.136. The van der Waals surface area contributed by atoms with E-state index >= 15 is 0 Å². The molecule has 1 aromatic heterocycles. The number of hydrogen-bond acceptors (Lipinski definition) is 6. The lowest BCUT2D eigenvalue weighted by Gasteiger charge is -2.09. The average molecular weight is 459 g/mol. The van der Waals surface area contributed by atoms with Crippen molar-refractivity contribution in [3.8, 4) is 5.75 Å². The number of rotatable bonds is 7. The number of aromatic nitrogens is 2. The van der Waals surface area contributed by atoms with Crippen molar-refractivity contribution in [3.05, 3.63) is 69.8 Å². The van der Waals surface area contributed by atoms with Crippen LogP contribution < -0.4 is 15.4 Å². The van der Waals surface area contributed by atoms with Crippen LogP contribution in [0.15, 0.2) is 51.5 Å². The largest absolute Gasteiger partial charge is 0.485 e. The minimum Gasteiger partial charge on any atom is -0.485 e. The van der Waals surface area contributed by atoms with Crippen molar-refractivity contribution in [2.45, 2.75) is 20.5 Å². The van der Waals surface area contributed by atoms with Crippen molar-refractivity contribution < 1.29 is 18.8 Å². The first kappa shape index (κ1) is 20.5. The minimum atomic E-state index is -0.354. The highest BCUT2D eigenvalue weighted by Gasteiger charge is 2.10. The highest BCUT2D eigenvalue weighted by atomic mass is 79.9. The summed E-state index contributed by atoms with van der Waals surface area (Å²) in [7, 11) is 0. The molecule has 0 saturated carbocycles. The van der Waals surface area contributed by atoms with Gasteiger partial charge >= 0.3 is 0 Å². The molecule has 1 heterocycles. The van der Waals surface area contributed by atoms with E-state index in [0.29, 0.717) is 28.7 Å². The van der Waals surface area contributed by atoms with Crippen molar-refractivity contribution >= 4 is 33.4 Å². The van der Waals surface area contributed by atoms with Gasteiger partial charge in [0.1, 0.15) is 5.75 Å². The van der Waals surface area contributed by atoms with Crippen LogP contribution in [-0.4, -0.2) is 28.5 Å². The maximum Gasteiger partial charge on any atom is 0.251 e. The van der Waals surface area contributed by atoms with Crippen LogP contribution in [0.25, 0.3) is 0 Å². The van der Waals surface area contributed by atoms with E-state index in [1.165, 1.54) is 0 Å². The van der Waals surface area contributed by atoms with Gasteiger partial charge in [0.15, 0.2) is 6.61 Å². The lowest BCUT2D eigenvalue weighted by atomic mass is 10.2. The number of aryl methyl sites for hydroxylation is 2. The third-order valence-corrected chi connectivity index (χ3v) is 4.80. The lowest BCUT2D eigenvalue weighted by molar-refractivity contribution is -0.115. The van der Waals surface area contributed by atoms with Gasteiger partial charge in [-0.3, -0.25) is 9.59 Å². The number of hydrogen-bond donors (Lipinski definition) is 2. The number of carbonyl (C=O) groups excluding carboxylic acids is 2. The van der Waals surface area contributed by atoms with Gasteiger partial charge in [-0.15, -0.1) is 0 Å². The highest BCUT2D eigenvalue weighted by Crippen LogP contribution is 2.20. The predicted molar refractivity (Wildman–Crippen MR) is 110 cm³/mol. The standard InChI is InChI=1S/C20H19BrN4O4/c1-12-9-15(5-8-17(12)21)24-19(26)10-22-20(27)14-3-6-16(7-4-14)28-11-18-23-13(2)29-25-18/h3-9H,10-11H2,1-2H3,(H,22,27)(H,24,26). The summed E-state index contributed by atoms with van der Waals surface area (Å²) in [4.78, 5) is 28.3. The summed E-state index contributed by atoms with van der Waals surface area (Å²) in [5, 5.41) is 9.08. The maximum absolute atomic E-state index is 12.2. The van der Waals surface area contributed by atoms with Gasteiger partial charge in [-0.25, -0.2) is 0 Å². The molecule has 0 aliphatic rings. The molecular formula is C20H19BrN4O4. The van der Waals surface area contributed by atoms with E-state index < -0.39 is 0 Å². The fourth-order valence-corrected chi connectivity index (χ4v) is 2.69. The molecule has 2 aromatic carbocycles.